The number of halogens is 2. The lowest BCUT2D eigenvalue weighted by Crippen LogP contribution is -2.42. The van der Waals surface area contributed by atoms with Crippen molar-refractivity contribution in [1.82, 2.24) is 4.90 Å². The van der Waals surface area contributed by atoms with E-state index in [0.717, 1.165) is 42.3 Å². The fourth-order valence-corrected chi connectivity index (χ4v) is 4.37. The topological polar surface area (TPSA) is 78.8 Å². The molecule has 1 saturated heterocycles. The lowest BCUT2D eigenvalue weighted by atomic mass is 9.84. The lowest BCUT2D eigenvalue weighted by Gasteiger charge is -2.38. The molecule has 2 aromatic carbocycles. The maximum atomic E-state index is 13.4. The molecule has 0 bridgehead atoms. The zero-order chi connectivity index (χ0) is 23.9. The van der Waals surface area contributed by atoms with E-state index in [2.05, 4.69) is 10.2 Å². The van der Waals surface area contributed by atoms with E-state index in [1.54, 1.807) is 12.1 Å². The number of carbonyl (C=O) groups excluding carboxylic acids is 1. The monoisotopic (exact) mass is 466 g/mol. The first-order valence-corrected chi connectivity index (χ1v) is 11.1. The average Bonchev–Trinajstić information content (AvgIpc) is 3.43. The predicted molar refractivity (Wildman–Crippen MR) is 122 cm³/mol. The van der Waals surface area contributed by atoms with Crippen LogP contribution in [-0.2, 0) is 12.1 Å². The van der Waals surface area contributed by atoms with Crippen molar-refractivity contribution in [3.63, 3.8) is 0 Å². The minimum atomic E-state index is -1.05. The molecule has 1 aliphatic rings. The lowest BCUT2D eigenvalue weighted by molar-refractivity contribution is -0.0288. The summed E-state index contributed by atoms with van der Waals surface area (Å²) in [5.41, 5.74) is 0.404. The zero-order valence-corrected chi connectivity index (χ0v) is 18.6. The van der Waals surface area contributed by atoms with Crippen LogP contribution in [0.3, 0.4) is 0 Å². The van der Waals surface area contributed by atoms with Crippen molar-refractivity contribution in [1.29, 1.82) is 0 Å². The van der Waals surface area contributed by atoms with Crippen molar-refractivity contribution in [3.8, 4) is 0 Å². The third-order valence-electron chi connectivity index (χ3n) is 6.31. The van der Waals surface area contributed by atoms with Gasteiger partial charge in [0.25, 0.3) is 5.91 Å². The van der Waals surface area contributed by atoms with E-state index >= 15 is 0 Å². The Morgan fingerprint density at radius 3 is 2.53 bits per heavy atom. The minimum Gasteiger partial charge on any atom is -0.465 e. The number of carbonyl (C=O) groups is 1. The summed E-state index contributed by atoms with van der Waals surface area (Å²) in [7, 11) is 0. The second-order valence-corrected chi connectivity index (χ2v) is 8.77. The normalized spacial score (nSPS) is 16.1. The van der Waals surface area contributed by atoms with Gasteiger partial charge in [-0.25, -0.2) is 8.78 Å². The predicted octanol–water partition coefficient (Wildman–Crippen LogP) is 5.35. The Morgan fingerprint density at radius 1 is 1.03 bits per heavy atom. The molecular formula is C26H24F2N2O4. The van der Waals surface area contributed by atoms with Crippen molar-refractivity contribution in [3.05, 3.63) is 89.1 Å². The first-order valence-electron chi connectivity index (χ1n) is 11.1. The number of fused-ring (bicyclic) bond motifs is 1. The van der Waals surface area contributed by atoms with Crippen LogP contribution < -0.4 is 5.32 Å². The molecule has 176 valence electrons. The van der Waals surface area contributed by atoms with Crippen LogP contribution in [0.2, 0.25) is 0 Å². The maximum absolute atomic E-state index is 13.4. The van der Waals surface area contributed by atoms with E-state index in [4.69, 9.17) is 8.83 Å². The highest BCUT2D eigenvalue weighted by molar-refractivity contribution is 6.04. The van der Waals surface area contributed by atoms with Crippen molar-refractivity contribution in [2.75, 3.05) is 18.4 Å². The summed E-state index contributed by atoms with van der Waals surface area (Å²) in [4.78, 5) is 14.8. The number of furan rings is 2. The number of anilines is 1. The van der Waals surface area contributed by atoms with Gasteiger partial charge in [-0.15, -0.1) is 0 Å². The van der Waals surface area contributed by atoms with Crippen LogP contribution in [0.25, 0.3) is 11.0 Å². The van der Waals surface area contributed by atoms with Crippen molar-refractivity contribution < 1.29 is 27.5 Å². The number of piperidine rings is 1. The van der Waals surface area contributed by atoms with Crippen molar-refractivity contribution in [2.45, 2.75) is 31.9 Å². The van der Waals surface area contributed by atoms with Crippen LogP contribution in [0.4, 0.5) is 14.5 Å². The number of aryl methyl sites for hydroxylation is 1. The molecule has 1 fully saturated rings. The van der Waals surface area contributed by atoms with E-state index in [1.165, 1.54) is 6.07 Å². The van der Waals surface area contributed by atoms with Gasteiger partial charge >= 0.3 is 0 Å². The number of benzene rings is 2. The Labute approximate surface area is 194 Å². The van der Waals surface area contributed by atoms with Crippen LogP contribution in [-0.4, -0.2) is 29.0 Å². The number of amides is 1. The van der Waals surface area contributed by atoms with Gasteiger partial charge in [-0.05, 0) is 67.8 Å². The average molecular weight is 466 g/mol. The first kappa shape index (κ1) is 22.3. The smallest absolute Gasteiger partial charge is 0.291 e. The summed E-state index contributed by atoms with van der Waals surface area (Å²) in [6.07, 6.45) is 1.14. The van der Waals surface area contributed by atoms with E-state index in [1.807, 2.05) is 31.2 Å². The number of hydrogen-bond donors (Lipinski definition) is 2. The van der Waals surface area contributed by atoms with Crippen LogP contribution in [0.1, 0.15) is 40.5 Å². The molecule has 0 unspecified atom stereocenters. The summed E-state index contributed by atoms with van der Waals surface area (Å²) in [6, 6.07) is 14.0. The number of aliphatic hydroxyl groups is 1. The zero-order valence-electron chi connectivity index (χ0n) is 18.6. The molecule has 1 amide bonds. The van der Waals surface area contributed by atoms with Crippen LogP contribution >= 0.6 is 0 Å². The van der Waals surface area contributed by atoms with Gasteiger partial charge in [0.05, 0.1) is 12.1 Å². The van der Waals surface area contributed by atoms with Gasteiger partial charge in [-0.2, -0.15) is 0 Å². The Kier molecular flexibility index (Phi) is 5.71. The molecule has 2 aromatic heterocycles. The van der Waals surface area contributed by atoms with Crippen molar-refractivity contribution >= 4 is 22.6 Å². The standard InChI is InChI=1S/C26H24F2N2O4/c1-16-2-5-20(33-16)15-30-10-8-26(32,9-11-30)18-3-7-23-17(12-18)13-24(34-23)25(31)29-19-4-6-21(27)22(28)14-19/h2-7,12-14,32H,8-11,15H2,1H3,(H,29,31). The summed E-state index contributed by atoms with van der Waals surface area (Å²) >= 11 is 0. The highest BCUT2D eigenvalue weighted by atomic mass is 19.2. The Morgan fingerprint density at radius 2 is 1.82 bits per heavy atom. The maximum Gasteiger partial charge on any atom is 0.291 e. The van der Waals surface area contributed by atoms with Gasteiger partial charge < -0.3 is 19.3 Å². The molecule has 0 saturated carbocycles. The highest BCUT2D eigenvalue weighted by Crippen LogP contribution is 2.35. The van der Waals surface area contributed by atoms with E-state index in [-0.39, 0.29) is 11.4 Å². The summed E-state index contributed by atoms with van der Waals surface area (Å²) < 4.78 is 37.8. The quantitative estimate of drug-likeness (QED) is 0.415. The summed E-state index contributed by atoms with van der Waals surface area (Å²) in [5.74, 6) is -0.789. The SMILES string of the molecule is Cc1ccc(CN2CCC(O)(c3ccc4oc(C(=O)Nc5ccc(F)c(F)c5)cc4c3)CC2)o1. The Hall–Kier alpha value is -3.49. The molecule has 0 radical (unpaired) electrons. The largest absolute Gasteiger partial charge is 0.465 e. The van der Waals surface area contributed by atoms with E-state index in [0.29, 0.717) is 30.4 Å². The molecular weight excluding hydrogens is 442 g/mol. The molecule has 0 atom stereocenters. The van der Waals surface area contributed by atoms with Gasteiger partial charge in [0.2, 0.25) is 0 Å². The number of nitrogens with zero attached hydrogens (tertiary/aromatic N) is 1. The van der Waals surface area contributed by atoms with Gasteiger partial charge in [0.15, 0.2) is 17.4 Å². The first-order chi connectivity index (χ1) is 16.3. The molecule has 4 aromatic rings. The summed E-state index contributed by atoms with van der Waals surface area (Å²) in [5, 5.41) is 14.5. The number of likely N-dealkylation sites (tertiary alicyclic amines) is 1. The second kappa shape index (κ2) is 8.70. The Bertz CT molecular complexity index is 1350. The fourth-order valence-electron chi connectivity index (χ4n) is 4.37. The molecule has 1 aliphatic heterocycles. The molecule has 3 heterocycles. The summed E-state index contributed by atoms with van der Waals surface area (Å²) in [6.45, 7) is 4.08. The molecule has 0 spiro atoms. The van der Waals surface area contributed by atoms with Crippen LogP contribution in [0.15, 0.2) is 63.4 Å². The second-order valence-electron chi connectivity index (χ2n) is 8.77. The Balaban J connectivity index is 1.28. The third-order valence-corrected chi connectivity index (χ3v) is 6.31. The fraction of sp³-hybridized carbons (Fsp3) is 0.269. The van der Waals surface area contributed by atoms with Crippen LogP contribution in [0.5, 0.6) is 0 Å². The molecule has 5 rings (SSSR count). The van der Waals surface area contributed by atoms with Gasteiger partial charge in [-0.1, -0.05) is 6.07 Å². The molecule has 8 heteroatoms. The number of nitrogens with one attached hydrogen (secondary N) is 1. The third kappa shape index (κ3) is 4.47. The molecule has 0 aliphatic carbocycles. The van der Waals surface area contributed by atoms with Gasteiger partial charge in [-0.3, -0.25) is 9.69 Å². The molecule has 6 nitrogen and oxygen atoms in total. The highest BCUT2D eigenvalue weighted by Gasteiger charge is 2.34. The van der Waals surface area contributed by atoms with E-state index < -0.39 is 23.1 Å². The van der Waals surface area contributed by atoms with Gasteiger partial charge in [0.1, 0.15) is 17.1 Å². The molecule has 34 heavy (non-hydrogen) atoms. The van der Waals surface area contributed by atoms with Crippen molar-refractivity contribution in [2.24, 2.45) is 0 Å². The number of rotatable bonds is 5. The van der Waals surface area contributed by atoms with Gasteiger partial charge in [0, 0.05) is 30.2 Å². The molecule has 2 N–H and O–H groups in total. The van der Waals surface area contributed by atoms with Crippen LogP contribution in [0, 0.1) is 18.6 Å². The van der Waals surface area contributed by atoms with E-state index in [9.17, 15) is 18.7 Å². The number of hydrogen-bond acceptors (Lipinski definition) is 5. The minimum absolute atomic E-state index is 0.0347.